The number of benzene rings is 1. The summed E-state index contributed by atoms with van der Waals surface area (Å²) in [6.07, 6.45) is 0. The van der Waals surface area contributed by atoms with Crippen molar-refractivity contribution in [3.63, 3.8) is 0 Å². The number of piperazine rings is 2. The molecule has 3 rings (SSSR count). The van der Waals surface area contributed by atoms with Crippen molar-refractivity contribution in [1.82, 2.24) is 18.4 Å². The molecule has 1 aromatic rings. The molecule has 2 saturated heterocycles. The zero-order valence-corrected chi connectivity index (χ0v) is 16.5. The van der Waals surface area contributed by atoms with Crippen LogP contribution in [-0.2, 0) is 10.2 Å². The van der Waals surface area contributed by atoms with Crippen molar-refractivity contribution in [3.05, 3.63) is 29.8 Å². The van der Waals surface area contributed by atoms with E-state index in [1.165, 1.54) is 4.31 Å². The highest BCUT2D eigenvalue weighted by molar-refractivity contribution is 7.86. The lowest BCUT2D eigenvalue weighted by atomic mass is 10.1. The summed E-state index contributed by atoms with van der Waals surface area (Å²) in [6, 6.07) is 6.79. The predicted molar refractivity (Wildman–Crippen MR) is 104 cm³/mol. The smallest absolute Gasteiger partial charge is 0.282 e. The molecule has 0 aliphatic carbocycles. The summed E-state index contributed by atoms with van der Waals surface area (Å²) in [5.41, 5.74) is 6.83. The Morgan fingerprint density at radius 2 is 1.35 bits per heavy atom. The van der Waals surface area contributed by atoms with Crippen molar-refractivity contribution in [3.8, 4) is 0 Å². The second-order valence-corrected chi connectivity index (χ2v) is 8.45. The maximum atomic E-state index is 12.7. The minimum absolute atomic E-state index is 0. The molecular weight excluding hydrogens is 378 g/mol. The van der Waals surface area contributed by atoms with Crippen LogP contribution in [0.2, 0.25) is 0 Å². The van der Waals surface area contributed by atoms with E-state index in [2.05, 4.69) is 4.90 Å². The summed E-state index contributed by atoms with van der Waals surface area (Å²) in [5, 5.41) is 0. The van der Waals surface area contributed by atoms with E-state index in [9.17, 15) is 13.2 Å². The Hall–Kier alpha value is -1.39. The van der Waals surface area contributed by atoms with Crippen molar-refractivity contribution in [2.45, 2.75) is 0 Å². The molecule has 26 heavy (non-hydrogen) atoms. The number of anilines is 1. The van der Waals surface area contributed by atoms with Gasteiger partial charge in [-0.3, -0.25) is 4.79 Å². The SMILES string of the molecule is CN1CCN(S(=O)(=O)N2CCN(C(=O)c3ccc(N)cc3)CC2)CC1.Cl. The molecule has 0 aromatic heterocycles. The van der Waals surface area contributed by atoms with Gasteiger partial charge in [-0.15, -0.1) is 12.4 Å². The number of carbonyl (C=O) groups is 1. The molecule has 0 spiro atoms. The molecule has 2 aliphatic heterocycles. The largest absolute Gasteiger partial charge is 0.399 e. The molecule has 0 radical (unpaired) electrons. The van der Waals surface area contributed by atoms with Gasteiger partial charge in [-0.25, -0.2) is 0 Å². The van der Waals surface area contributed by atoms with Crippen LogP contribution in [0.3, 0.4) is 0 Å². The first-order chi connectivity index (χ1) is 11.9. The number of likely N-dealkylation sites (N-methyl/N-ethyl adjacent to an activating group) is 1. The Kier molecular flexibility index (Phi) is 6.86. The fourth-order valence-electron chi connectivity index (χ4n) is 3.11. The minimum atomic E-state index is -3.44. The maximum absolute atomic E-state index is 12.7. The number of carbonyl (C=O) groups excluding carboxylic acids is 1. The lowest BCUT2D eigenvalue weighted by molar-refractivity contribution is 0.0692. The average molecular weight is 404 g/mol. The zero-order valence-electron chi connectivity index (χ0n) is 14.9. The molecule has 0 bridgehead atoms. The van der Waals surface area contributed by atoms with Crippen LogP contribution in [0.1, 0.15) is 10.4 Å². The standard InChI is InChI=1S/C16H25N5O3S.ClH/c1-18-6-10-20(11-7-18)25(23,24)21-12-8-19(9-13-21)16(22)14-2-4-15(17)5-3-14;/h2-5H,6-13,17H2,1H3;1H. The molecule has 1 amide bonds. The molecule has 0 unspecified atom stereocenters. The number of halogens is 1. The third kappa shape index (κ3) is 4.47. The van der Waals surface area contributed by atoms with Crippen LogP contribution in [0.5, 0.6) is 0 Å². The van der Waals surface area contributed by atoms with E-state index in [0.29, 0.717) is 50.5 Å². The Bertz CT molecular complexity index is 712. The number of hydrogen-bond acceptors (Lipinski definition) is 5. The summed E-state index contributed by atoms with van der Waals surface area (Å²) in [5.74, 6) is -0.0864. The molecule has 146 valence electrons. The summed E-state index contributed by atoms with van der Waals surface area (Å²) in [6.45, 7) is 3.98. The van der Waals surface area contributed by atoms with Crippen LogP contribution >= 0.6 is 12.4 Å². The predicted octanol–water partition coefficient (Wildman–Crippen LogP) is -0.0594. The van der Waals surface area contributed by atoms with Crippen LogP contribution in [-0.4, -0.2) is 92.1 Å². The van der Waals surface area contributed by atoms with Crippen LogP contribution in [0.25, 0.3) is 0 Å². The second-order valence-electron chi connectivity index (χ2n) is 6.52. The van der Waals surface area contributed by atoms with Gasteiger partial charge in [-0.1, -0.05) is 0 Å². The van der Waals surface area contributed by atoms with Gasteiger partial charge in [-0.05, 0) is 31.3 Å². The number of nitrogens with two attached hydrogens (primary N) is 1. The van der Waals surface area contributed by atoms with E-state index in [1.54, 1.807) is 33.5 Å². The number of nitrogens with zero attached hydrogens (tertiary/aromatic N) is 4. The van der Waals surface area contributed by atoms with Crippen LogP contribution in [0, 0.1) is 0 Å². The van der Waals surface area contributed by atoms with Crippen LogP contribution < -0.4 is 5.73 Å². The molecule has 0 atom stereocenters. The Labute approximate surface area is 161 Å². The topological polar surface area (TPSA) is 90.2 Å². The summed E-state index contributed by atoms with van der Waals surface area (Å²) >= 11 is 0. The lowest BCUT2D eigenvalue weighted by Gasteiger charge is -2.39. The maximum Gasteiger partial charge on any atom is 0.282 e. The highest BCUT2D eigenvalue weighted by Gasteiger charge is 2.34. The molecule has 10 heteroatoms. The lowest BCUT2D eigenvalue weighted by Crippen LogP contribution is -2.57. The van der Waals surface area contributed by atoms with Crippen molar-refractivity contribution < 1.29 is 13.2 Å². The van der Waals surface area contributed by atoms with Crippen LogP contribution in [0.15, 0.2) is 24.3 Å². The fraction of sp³-hybridized carbons (Fsp3) is 0.562. The van der Waals surface area contributed by atoms with E-state index in [4.69, 9.17) is 5.73 Å². The van der Waals surface area contributed by atoms with Gasteiger partial charge in [0.2, 0.25) is 0 Å². The van der Waals surface area contributed by atoms with Crippen LogP contribution in [0.4, 0.5) is 5.69 Å². The van der Waals surface area contributed by atoms with E-state index in [1.807, 2.05) is 7.05 Å². The summed E-state index contributed by atoms with van der Waals surface area (Å²) in [4.78, 5) is 16.3. The Morgan fingerprint density at radius 1 is 0.885 bits per heavy atom. The fourth-order valence-corrected chi connectivity index (χ4v) is 4.69. The molecule has 8 nitrogen and oxygen atoms in total. The zero-order chi connectivity index (χ0) is 18.0. The van der Waals surface area contributed by atoms with Crippen molar-refractivity contribution >= 4 is 34.2 Å². The van der Waals surface area contributed by atoms with Gasteiger partial charge in [0.05, 0.1) is 0 Å². The molecule has 2 N–H and O–H groups in total. The van der Waals surface area contributed by atoms with Crippen molar-refractivity contribution in [2.75, 3.05) is 65.1 Å². The summed E-state index contributed by atoms with van der Waals surface area (Å²) < 4.78 is 28.5. The number of amides is 1. The molecule has 2 heterocycles. The molecule has 2 fully saturated rings. The van der Waals surface area contributed by atoms with Gasteiger partial charge in [0.15, 0.2) is 0 Å². The first-order valence-electron chi connectivity index (χ1n) is 8.46. The molecule has 2 aliphatic rings. The van der Waals surface area contributed by atoms with Gasteiger partial charge in [0, 0.05) is 63.6 Å². The van der Waals surface area contributed by atoms with Gasteiger partial charge < -0.3 is 15.5 Å². The normalized spacial score (nSPS) is 20.6. The number of nitrogen functional groups attached to an aromatic ring is 1. The molecule has 1 aromatic carbocycles. The first-order valence-corrected chi connectivity index (χ1v) is 9.86. The van der Waals surface area contributed by atoms with Gasteiger partial charge in [-0.2, -0.15) is 17.0 Å². The number of hydrogen-bond donors (Lipinski definition) is 1. The third-order valence-corrected chi connectivity index (χ3v) is 6.83. The minimum Gasteiger partial charge on any atom is -0.399 e. The second kappa shape index (κ2) is 8.53. The van der Waals surface area contributed by atoms with Gasteiger partial charge in [0.25, 0.3) is 16.1 Å². The quantitative estimate of drug-likeness (QED) is 0.714. The van der Waals surface area contributed by atoms with E-state index < -0.39 is 10.2 Å². The molecule has 0 saturated carbocycles. The van der Waals surface area contributed by atoms with E-state index in [0.717, 1.165) is 13.1 Å². The van der Waals surface area contributed by atoms with E-state index in [-0.39, 0.29) is 18.3 Å². The first kappa shape index (κ1) is 20.9. The Morgan fingerprint density at radius 3 is 1.85 bits per heavy atom. The number of rotatable bonds is 3. The Balaban J connectivity index is 0.00000243. The van der Waals surface area contributed by atoms with E-state index >= 15 is 0 Å². The van der Waals surface area contributed by atoms with Gasteiger partial charge in [0.1, 0.15) is 0 Å². The highest BCUT2D eigenvalue weighted by Crippen LogP contribution is 2.16. The molecular formula is C16H26ClN5O3S. The average Bonchev–Trinajstić information content (AvgIpc) is 2.62. The van der Waals surface area contributed by atoms with Crippen molar-refractivity contribution in [1.29, 1.82) is 0 Å². The monoisotopic (exact) mass is 403 g/mol. The van der Waals surface area contributed by atoms with Crippen molar-refractivity contribution in [2.24, 2.45) is 0 Å². The van der Waals surface area contributed by atoms with Gasteiger partial charge >= 0.3 is 0 Å². The summed E-state index contributed by atoms with van der Waals surface area (Å²) in [7, 11) is -1.45. The third-order valence-electron chi connectivity index (χ3n) is 4.80. The highest BCUT2D eigenvalue weighted by atomic mass is 35.5.